The van der Waals surface area contributed by atoms with Crippen LogP contribution in [0.5, 0.6) is 0 Å². The van der Waals surface area contributed by atoms with Gasteiger partial charge in [0.25, 0.3) is 0 Å². The molecular formula is C12H14N2O2S. The third kappa shape index (κ3) is 1.45. The fraction of sp³-hybridized carbons (Fsp3) is 0.333. The van der Waals surface area contributed by atoms with E-state index in [9.17, 15) is 8.42 Å². The Morgan fingerprint density at radius 3 is 3.12 bits per heavy atom. The number of anilines is 2. The van der Waals surface area contributed by atoms with Crippen LogP contribution < -0.4 is 9.03 Å². The third-order valence-corrected chi connectivity index (χ3v) is 4.83. The van der Waals surface area contributed by atoms with E-state index < -0.39 is 10.2 Å². The van der Waals surface area contributed by atoms with Gasteiger partial charge < -0.3 is 0 Å². The van der Waals surface area contributed by atoms with Crippen molar-refractivity contribution in [2.24, 2.45) is 0 Å². The van der Waals surface area contributed by atoms with Crippen LogP contribution in [-0.2, 0) is 16.6 Å². The van der Waals surface area contributed by atoms with Crippen LogP contribution in [0.3, 0.4) is 0 Å². The molecule has 0 saturated carbocycles. The van der Waals surface area contributed by atoms with E-state index in [0.717, 1.165) is 24.1 Å². The smallest absolute Gasteiger partial charge is 0.264 e. The molecule has 0 amide bonds. The van der Waals surface area contributed by atoms with Crippen LogP contribution >= 0.6 is 0 Å². The van der Waals surface area contributed by atoms with Crippen LogP contribution in [0.2, 0.25) is 0 Å². The van der Waals surface area contributed by atoms with E-state index in [-0.39, 0.29) is 6.04 Å². The summed E-state index contributed by atoms with van der Waals surface area (Å²) in [5.41, 5.74) is 2.65. The molecule has 90 valence electrons. The zero-order chi connectivity index (χ0) is 12.0. The van der Waals surface area contributed by atoms with Gasteiger partial charge in [-0.1, -0.05) is 18.2 Å². The topological polar surface area (TPSA) is 49.4 Å². The Balaban J connectivity index is 2.18. The van der Waals surface area contributed by atoms with Gasteiger partial charge in [0.15, 0.2) is 0 Å². The SMILES string of the molecule is C=CCC1CCc2cccc3c2N1S(=O)(=O)N3. The molecule has 2 aliphatic heterocycles. The minimum Gasteiger partial charge on any atom is -0.264 e. The molecule has 17 heavy (non-hydrogen) atoms. The summed E-state index contributed by atoms with van der Waals surface area (Å²) < 4.78 is 28.3. The van der Waals surface area contributed by atoms with E-state index in [4.69, 9.17) is 0 Å². The summed E-state index contributed by atoms with van der Waals surface area (Å²) in [5.74, 6) is 0. The van der Waals surface area contributed by atoms with Crippen LogP contribution in [0.25, 0.3) is 0 Å². The molecule has 3 rings (SSSR count). The first-order valence-corrected chi connectivity index (χ1v) is 7.12. The molecule has 2 heterocycles. The number of benzene rings is 1. The van der Waals surface area contributed by atoms with Crippen molar-refractivity contribution < 1.29 is 8.42 Å². The van der Waals surface area contributed by atoms with Gasteiger partial charge >= 0.3 is 10.2 Å². The largest absolute Gasteiger partial charge is 0.324 e. The highest BCUT2D eigenvalue weighted by molar-refractivity contribution is 7.94. The minimum absolute atomic E-state index is 0.00106. The number of rotatable bonds is 2. The maximum atomic E-state index is 12.1. The first-order chi connectivity index (χ1) is 8.13. The van der Waals surface area contributed by atoms with Crippen molar-refractivity contribution in [1.29, 1.82) is 0 Å². The molecule has 5 heteroatoms. The summed E-state index contributed by atoms with van der Waals surface area (Å²) in [7, 11) is -3.40. The molecule has 2 aliphatic rings. The van der Waals surface area contributed by atoms with Gasteiger partial charge in [-0.2, -0.15) is 8.42 Å². The average molecular weight is 250 g/mol. The first kappa shape index (κ1) is 10.7. The normalized spacial score (nSPS) is 24.0. The maximum absolute atomic E-state index is 12.1. The van der Waals surface area contributed by atoms with E-state index in [1.165, 1.54) is 4.31 Å². The van der Waals surface area contributed by atoms with Gasteiger partial charge in [0.05, 0.1) is 17.4 Å². The maximum Gasteiger partial charge on any atom is 0.324 e. The fourth-order valence-electron chi connectivity index (χ4n) is 2.67. The highest BCUT2D eigenvalue weighted by Crippen LogP contribution is 2.44. The molecular weight excluding hydrogens is 236 g/mol. The van der Waals surface area contributed by atoms with Crippen LogP contribution in [0, 0.1) is 0 Å². The Bertz CT molecular complexity index is 580. The zero-order valence-electron chi connectivity index (χ0n) is 9.39. The average Bonchev–Trinajstić information content (AvgIpc) is 2.56. The first-order valence-electron chi connectivity index (χ1n) is 5.68. The summed E-state index contributed by atoms with van der Waals surface area (Å²) in [6.07, 6.45) is 4.25. The Morgan fingerprint density at radius 2 is 2.35 bits per heavy atom. The molecule has 1 aromatic rings. The zero-order valence-corrected chi connectivity index (χ0v) is 10.2. The van der Waals surface area contributed by atoms with Crippen LogP contribution in [0.15, 0.2) is 30.9 Å². The summed E-state index contributed by atoms with van der Waals surface area (Å²) in [5, 5.41) is 0. The second kappa shape index (κ2) is 3.50. The van der Waals surface area contributed by atoms with Crippen LogP contribution in [-0.4, -0.2) is 14.5 Å². The summed E-state index contributed by atoms with van der Waals surface area (Å²) in [6, 6.07) is 5.71. The van der Waals surface area contributed by atoms with Crippen molar-refractivity contribution in [3.63, 3.8) is 0 Å². The van der Waals surface area contributed by atoms with Crippen molar-refractivity contribution in [2.75, 3.05) is 9.03 Å². The third-order valence-electron chi connectivity index (χ3n) is 3.36. The summed E-state index contributed by atoms with van der Waals surface area (Å²) in [4.78, 5) is 0. The molecule has 0 radical (unpaired) electrons. The molecule has 0 aromatic heterocycles. The van der Waals surface area contributed by atoms with Gasteiger partial charge in [-0.25, -0.2) is 4.31 Å². The Kier molecular flexibility index (Phi) is 2.19. The molecule has 4 nitrogen and oxygen atoms in total. The van der Waals surface area contributed by atoms with E-state index in [1.807, 2.05) is 18.2 Å². The molecule has 1 unspecified atom stereocenters. The lowest BCUT2D eigenvalue weighted by Gasteiger charge is -2.32. The number of hydrogen-bond acceptors (Lipinski definition) is 2. The van der Waals surface area contributed by atoms with Crippen molar-refractivity contribution in [2.45, 2.75) is 25.3 Å². The molecule has 0 fully saturated rings. The number of hydrogen-bond donors (Lipinski definition) is 1. The monoisotopic (exact) mass is 250 g/mol. The predicted molar refractivity (Wildman–Crippen MR) is 68.4 cm³/mol. The Hall–Kier alpha value is -1.49. The van der Waals surface area contributed by atoms with Gasteiger partial charge in [-0.3, -0.25) is 4.72 Å². The number of nitrogens with zero attached hydrogens (tertiary/aromatic N) is 1. The lowest BCUT2D eigenvalue weighted by molar-refractivity contribution is 0.557. The predicted octanol–water partition coefficient (Wildman–Crippen LogP) is 2.05. The molecule has 0 saturated heterocycles. The number of aryl methyl sites for hydroxylation is 1. The minimum atomic E-state index is -3.40. The molecule has 1 N–H and O–H groups in total. The van der Waals surface area contributed by atoms with Crippen LogP contribution in [0.4, 0.5) is 11.4 Å². The van der Waals surface area contributed by atoms with E-state index in [1.54, 1.807) is 6.08 Å². The lowest BCUT2D eigenvalue weighted by atomic mass is 9.95. The highest BCUT2D eigenvalue weighted by Gasteiger charge is 2.41. The standard InChI is InChI=1S/C12H14N2O2S/c1-2-4-10-8-7-9-5-3-6-11-12(9)14(10)17(15,16)13-11/h2-3,5-6,10,13H,1,4,7-8H2. The Labute approximate surface area is 101 Å². The molecule has 1 atom stereocenters. The van der Waals surface area contributed by atoms with Crippen molar-refractivity contribution in [3.8, 4) is 0 Å². The molecule has 0 spiro atoms. The van der Waals surface area contributed by atoms with E-state index in [2.05, 4.69) is 11.3 Å². The second-order valence-electron chi connectivity index (χ2n) is 4.43. The van der Waals surface area contributed by atoms with Gasteiger partial charge in [0, 0.05) is 0 Å². The molecule has 0 aliphatic carbocycles. The number of nitrogens with one attached hydrogen (secondary N) is 1. The van der Waals surface area contributed by atoms with E-state index >= 15 is 0 Å². The van der Waals surface area contributed by atoms with Gasteiger partial charge in [0.2, 0.25) is 0 Å². The summed E-state index contributed by atoms with van der Waals surface area (Å²) >= 11 is 0. The van der Waals surface area contributed by atoms with E-state index in [0.29, 0.717) is 12.1 Å². The lowest BCUT2D eigenvalue weighted by Crippen LogP contribution is -2.42. The van der Waals surface area contributed by atoms with Gasteiger partial charge in [0.1, 0.15) is 0 Å². The van der Waals surface area contributed by atoms with Crippen molar-refractivity contribution in [1.82, 2.24) is 0 Å². The summed E-state index contributed by atoms with van der Waals surface area (Å²) in [6.45, 7) is 3.70. The van der Waals surface area contributed by atoms with Crippen molar-refractivity contribution >= 4 is 21.6 Å². The fourth-order valence-corrected chi connectivity index (χ4v) is 4.25. The molecule has 0 bridgehead atoms. The molecule has 1 aromatic carbocycles. The number of para-hydroxylation sites is 1. The van der Waals surface area contributed by atoms with Crippen LogP contribution in [0.1, 0.15) is 18.4 Å². The quantitative estimate of drug-likeness (QED) is 0.817. The Morgan fingerprint density at radius 1 is 1.53 bits per heavy atom. The highest BCUT2D eigenvalue weighted by atomic mass is 32.2. The van der Waals surface area contributed by atoms with Gasteiger partial charge in [-0.15, -0.1) is 6.58 Å². The van der Waals surface area contributed by atoms with Gasteiger partial charge in [-0.05, 0) is 30.9 Å². The van der Waals surface area contributed by atoms with Crippen molar-refractivity contribution in [3.05, 3.63) is 36.4 Å². The second-order valence-corrected chi connectivity index (χ2v) is 5.98.